The van der Waals surface area contributed by atoms with E-state index in [0.29, 0.717) is 12.3 Å². The first-order valence-electron chi connectivity index (χ1n) is 2.59. The van der Waals surface area contributed by atoms with Crippen LogP contribution in [0.4, 0.5) is 0 Å². The van der Waals surface area contributed by atoms with E-state index < -0.39 is 0 Å². The molecule has 0 heterocycles. The van der Waals surface area contributed by atoms with E-state index in [1.54, 1.807) is 0 Å². The van der Waals surface area contributed by atoms with E-state index in [0.717, 1.165) is 0 Å². The van der Waals surface area contributed by atoms with Gasteiger partial charge < -0.3 is 4.74 Å². The van der Waals surface area contributed by atoms with E-state index in [2.05, 4.69) is 34.9 Å². The Balaban J connectivity index is 3.46. The van der Waals surface area contributed by atoms with Crippen molar-refractivity contribution >= 4 is 17.4 Å². The van der Waals surface area contributed by atoms with Gasteiger partial charge in [0.25, 0.3) is 0 Å². The summed E-state index contributed by atoms with van der Waals surface area (Å²) >= 11 is 4.33. The second-order valence-electron chi connectivity index (χ2n) is 1.44. The van der Waals surface area contributed by atoms with Gasteiger partial charge in [0.2, 0.25) is 0 Å². The normalized spacial score (nSPS) is 7.10. The van der Waals surface area contributed by atoms with Gasteiger partial charge in [0.05, 0.1) is 5.16 Å². The molecule has 0 rings (SSSR count). The molecule has 2 nitrogen and oxygen atoms in total. The minimum absolute atomic E-state index is 0.228. The van der Waals surface area contributed by atoms with Gasteiger partial charge in [0, 0.05) is 0 Å². The highest BCUT2D eigenvalue weighted by molar-refractivity contribution is 7.78. The molecule has 10 heavy (non-hydrogen) atoms. The van der Waals surface area contributed by atoms with Gasteiger partial charge in [-0.05, 0) is 12.2 Å². The Morgan fingerprint density at radius 3 is 3.00 bits per heavy atom. The van der Waals surface area contributed by atoms with Crippen LogP contribution in [-0.2, 0) is 4.74 Å². The third-order valence-corrected chi connectivity index (χ3v) is 0.809. The van der Waals surface area contributed by atoms with Crippen molar-refractivity contribution in [1.82, 2.24) is 0 Å². The molecule has 0 aromatic rings. The number of ether oxygens (including phenoxy) is 1. The molecule has 0 amide bonds. The second-order valence-corrected chi connectivity index (χ2v) is 1.62. The van der Waals surface area contributed by atoms with E-state index in [9.17, 15) is 0 Å². The van der Waals surface area contributed by atoms with E-state index in [-0.39, 0.29) is 6.61 Å². The topological polar surface area (TPSA) is 21.6 Å². The van der Waals surface area contributed by atoms with Crippen molar-refractivity contribution < 1.29 is 4.74 Å². The van der Waals surface area contributed by atoms with Gasteiger partial charge in [-0.2, -0.15) is 0 Å². The Morgan fingerprint density at radius 2 is 2.50 bits per heavy atom. The average molecular weight is 153 g/mol. The summed E-state index contributed by atoms with van der Waals surface area (Å²) in [6.45, 7) is 4.10. The van der Waals surface area contributed by atoms with Gasteiger partial charge in [-0.3, -0.25) is 0 Å². The minimum Gasteiger partial charge on any atom is -0.484 e. The number of nitrogens with zero attached hydrogens (tertiary/aromatic N) is 1. The van der Waals surface area contributed by atoms with Gasteiger partial charge in [0.15, 0.2) is 0 Å². The SMILES string of the molecule is C#CCOC(=C)CN=C=S. The highest BCUT2D eigenvalue weighted by Gasteiger charge is 1.88. The Bertz CT molecular complexity index is 198. The molecule has 0 atom stereocenters. The van der Waals surface area contributed by atoms with Crippen LogP contribution in [0.3, 0.4) is 0 Å². The van der Waals surface area contributed by atoms with Crippen molar-refractivity contribution in [3.8, 4) is 12.3 Å². The Morgan fingerprint density at radius 1 is 1.80 bits per heavy atom. The summed E-state index contributed by atoms with van der Waals surface area (Å²) in [4.78, 5) is 3.60. The standard InChI is InChI=1S/C7H7NOS/c1-3-4-9-7(2)5-8-6-10/h1H,2,4-5H2. The fourth-order valence-electron chi connectivity index (χ4n) is 0.310. The third kappa shape index (κ3) is 5.04. The first-order valence-corrected chi connectivity index (χ1v) is 2.99. The summed E-state index contributed by atoms with van der Waals surface area (Å²) in [5.74, 6) is 2.81. The number of hydrogen-bond acceptors (Lipinski definition) is 3. The van der Waals surface area contributed by atoms with E-state index in [1.165, 1.54) is 0 Å². The Hall–Kier alpha value is -1.10. The van der Waals surface area contributed by atoms with Gasteiger partial charge in [-0.1, -0.05) is 12.5 Å². The molecule has 0 spiro atoms. The zero-order chi connectivity index (χ0) is 7.82. The van der Waals surface area contributed by atoms with E-state index in [4.69, 9.17) is 11.2 Å². The lowest BCUT2D eigenvalue weighted by Gasteiger charge is -1.99. The molecule has 3 heteroatoms. The molecule has 52 valence electrons. The Labute approximate surface area is 65.6 Å². The number of thiocarbonyl (C=S) groups is 1. The van der Waals surface area contributed by atoms with Crippen LogP contribution >= 0.6 is 12.2 Å². The summed E-state index contributed by atoms with van der Waals surface area (Å²) in [5.41, 5.74) is 0. The van der Waals surface area contributed by atoms with Gasteiger partial charge in [-0.15, -0.1) is 6.42 Å². The first kappa shape index (κ1) is 8.90. The number of isothiocyanates is 1. The molecule has 0 unspecified atom stereocenters. The summed E-state index contributed by atoms with van der Waals surface area (Å²) in [6.07, 6.45) is 4.92. The molecule has 0 aliphatic carbocycles. The molecule has 0 aromatic carbocycles. The predicted molar refractivity (Wildman–Crippen MR) is 43.8 cm³/mol. The lowest BCUT2D eigenvalue weighted by atomic mass is 10.5. The van der Waals surface area contributed by atoms with Crippen molar-refractivity contribution in [2.75, 3.05) is 13.2 Å². The molecule has 0 aliphatic rings. The number of rotatable bonds is 4. The maximum Gasteiger partial charge on any atom is 0.148 e. The third-order valence-electron chi connectivity index (χ3n) is 0.680. The number of terminal acetylenes is 1. The van der Waals surface area contributed by atoms with Gasteiger partial charge >= 0.3 is 0 Å². The molecular weight excluding hydrogens is 146 g/mol. The van der Waals surface area contributed by atoms with Crippen LogP contribution in [0.1, 0.15) is 0 Å². The van der Waals surface area contributed by atoms with Crippen LogP contribution in [0, 0.1) is 12.3 Å². The van der Waals surface area contributed by atoms with Crippen LogP contribution in [0.2, 0.25) is 0 Å². The fraction of sp³-hybridized carbons (Fsp3) is 0.286. The van der Waals surface area contributed by atoms with E-state index in [1.807, 2.05) is 0 Å². The van der Waals surface area contributed by atoms with E-state index >= 15 is 0 Å². The smallest absolute Gasteiger partial charge is 0.148 e. The second kappa shape index (κ2) is 6.03. The highest BCUT2D eigenvalue weighted by Crippen LogP contribution is 1.91. The summed E-state index contributed by atoms with van der Waals surface area (Å²) in [5, 5.41) is 2.19. The van der Waals surface area contributed by atoms with Gasteiger partial charge in [-0.25, -0.2) is 4.99 Å². The zero-order valence-electron chi connectivity index (χ0n) is 5.46. The van der Waals surface area contributed by atoms with Crippen molar-refractivity contribution in [3.63, 3.8) is 0 Å². The van der Waals surface area contributed by atoms with Crippen molar-refractivity contribution in [2.24, 2.45) is 4.99 Å². The van der Waals surface area contributed by atoms with Crippen LogP contribution in [-0.4, -0.2) is 18.3 Å². The summed E-state index contributed by atoms with van der Waals surface area (Å²) in [6, 6.07) is 0. The monoisotopic (exact) mass is 153 g/mol. The molecule has 0 saturated carbocycles. The summed E-state index contributed by atoms with van der Waals surface area (Å²) < 4.78 is 4.88. The molecule has 0 radical (unpaired) electrons. The largest absolute Gasteiger partial charge is 0.484 e. The maximum atomic E-state index is 4.92. The molecule has 0 aliphatic heterocycles. The van der Waals surface area contributed by atoms with Crippen LogP contribution < -0.4 is 0 Å². The average Bonchev–Trinajstić information content (AvgIpc) is 1.97. The molecule has 0 N–H and O–H groups in total. The zero-order valence-corrected chi connectivity index (χ0v) is 6.28. The van der Waals surface area contributed by atoms with Crippen LogP contribution in [0.5, 0.6) is 0 Å². The quantitative estimate of drug-likeness (QED) is 0.262. The molecule has 0 bridgehead atoms. The number of aliphatic imine (C=N–C) groups is 1. The van der Waals surface area contributed by atoms with Crippen molar-refractivity contribution in [3.05, 3.63) is 12.3 Å². The predicted octanol–water partition coefficient (Wildman–Crippen LogP) is 1.25. The van der Waals surface area contributed by atoms with Crippen molar-refractivity contribution in [1.29, 1.82) is 0 Å². The maximum absolute atomic E-state index is 4.92. The highest BCUT2D eigenvalue weighted by atomic mass is 32.1. The fourth-order valence-corrected chi connectivity index (χ4v) is 0.374. The van der Waals surface area contributed by atoms with Crippen molar-refractivity contribution in [2.45, 2.75) is 0 Å². The first-order chi connectivity index (χ1) is 4.81. The van der Waals surface area contributed by atoms with Crippen LogP contribution in [0.25, 0.3) is 0 Å². The minimum atomic E-state index is 0.228. The molecular formula is C7H7NOS. The lowest BCUT2D eigenvalue weighted by Crippen LogP contribution is -1.93. The molecule has 0 saturated heterocycles. The number of hydrogen-bond donors (Lipinski definition) is 0. The molecule has 0 aromatic heterocycles. The Kier molecular flexibility index (Phi) is 5.36. The van der Waals surface area contributed by atoms with Crippen LogP contribution in [0.15, 0.2) is 17.3 Å². The lowest BCUT2D eigenvalue weighted by molar-refractivity contribution is 0.252. The van der Waals surface area contributed by atoms with Gasteiger partial charge in [0.1, 0.15) is 18.9 Å². The summed E-state index contributed by atoms with van der Waals surface area (Å²) in [7, 11) is 0. The molecule has 0 fully saturated rings.